The summed E-state index contributed by atoms with van der Waals surface area (Å²) < 4.78 is 0. The smallest absolute Gasteiger partial charge is 0.255 e. The summed E-state index contributed by atoms with van der Waals surface area (Å²) in [6, 6.07) is 0. The van der Waals surface area contributed by atoms with E-state index in [0.717, 1.165) is 24.6 Å². The molecule has 0 radical (unpaired) electrons. The van der Waals surface area contributed by atoms with Crippen molar-refractivity contribution in [3.63, 3.8) is 0 Å². The summed E-state index contributed by atoms with van der Waals surface area (Å²) in [7, 11) is 0. The molecule has 0 aliphatic heterocycles. The minimum Gasteiger partial charge on any atom is -0.326 e. The van der Waals surface area contributed by atoms with Crippen molar-refractivity contribution in [2.75, 3.05) is 0 Å². The van der Waals surface area contributed by atoms with Gasteiger partial charge in [-0.15, -0.1) is 0 Å². The van der Waals surface area contributed by atoms with E-state index in [-0.39, 0.29) is 12.1 Å². The summed E-state index contributed by atoms with van der Waals surface area (Å²) in [5, 5.41) is 0. The normalized spacial score (nSPS) is 25.7. The summed E-state index contributed by atoms with van der Waals surface area (Å²) in [4.78, 5) is 18.7. The van der Waals surface area contributed by atoms with Gasteiger partial charge in [-0.3, -0.25) is 4.79 Å². The molecule has 3 N–H and O–H groups in total. The van der Waals surface area contributed by atoms with Crippen molar-refractivity contribution in [3.8, 4) is 0 Å². The van der Waals surface area contributed by atoms with E-state index in [1.54, 1.807) is 6.20 Å². The van der Waals surface area contributed by atoms with Crippen LogP contribution in [0.15, 0.2) is 11.0 Å². The minimum atomic E-state index is -0.0814. The standard InChI is InChI=1S/C11H17N3O/c1-7-2-3-8(4-7)10-13-6-9(5-12)11(15)14-10/h6-8H,2-5,12H2,1H3,(H,13,14,15). The fourth-order valence-electron chi connectivity index (χ4n) is 2.24. The summed E-state index contributed by atoms with van der Waals surface area (Å²) in [6.45, 7) is 2.50. The Morgan fingerprint density at radius 3 is 2.93 bits per heavy atom. The van der Waals surface area contributed by atoms with Crippen molar-refractivity contribution in [1.29, 1.82) is 0 Å². The number of aromatic amines is 1. The lowest BCUT2D eigenvalue weighted by atomic mass is 10.1. The van der Waals surface area contributed by atoms with Crippen molar-refractivity contribution in [3.05, 3.63) is 27.9 Å². The molecule has 2 unspecified atom stereocenters. The Kier molecular flexibility index (Phi) is 2.86. The molecule has 1 aliphatic rings. The number of nitrogens with zero attached hydrogens (tertiary/aromatic N) is 1. The number of nitrogens with two attached hydrogens (primary N) is 1. The number of hydrogen-bond acceptors (Lipinski definition) is 3. The van der Waals surface area contributed by atoms with E-state index in [9.17, 15) is 4.79 Å². The summed E-state index contributed by atoms with van der Waals surface area (Å²) in [5.74, 6) is 2.01. The van der Waals surface area contributed by atoms with Crippen LogP contribution < -0.4 is 11.3 Å². The Labute approximate surface area is 88.9 Å². The van der Waals surface area contributed by atoms with E-state index in [4.69, 9.17) is 5.73 Å². The Morgan fingerprint density at radius 1 is 1.60 bits per heavy atom. The fraction of sp³-hybridized carbons (Fsp3) is 0.636. The number of aromatic nitrogens is 2. The SMILES string of the molecule is CC1CCC(c2ncc(CN)c(=O)[nH]2)C1. The molecule has 1 heterocycles. The third kappa shape index (κ3) is 2.09. The highest BCUT2D eigenvalue weighted by molar-refractivity contribution is 5.08. The third-order valence-corrected chi connectivity index (χ3v) is 3.19. The highest BCUT2D eigenvalue weighted by Gasteiger charge is 2.24. The zero-order chi connectivity index (χ0) is 10.8. The predicted octanol–water partition coefficient (Wildman–Crippen LogP) is 1.13. The van der Waals surface area contributed by atoms with Gasteiger partial charge in [0.25, 0.3) is 5.56 Å². The first-order valence-corrected chi connectivity index (χ1v) is 5.49. The van der Waals surface area contributed by atoms with E-state index in [1.165, 1.54) is 6.42 Å². The molecule has 0 amide bonds. The second-order valence-electron chi connectivity index (χ2n) is 4.44. The molecule has 1 saturated carbocycles. The third-order valence-electron chi connectivity index (χ3n) is 3.19. The van der Waals surface area contributed by atoms with Crippen molar-refractivity contribution >= 4 is 0 Å². The van der Waals surface area contributed by atoms with Crippen molar-refractivity contribution < 1.29 is 0 Å². The molecule has 2 rings (SSSR count). The van der Waals surface area contributed by atoms with Crippen molar-refractivity contribution in [2.24, 2.45) is 11.7 Å². The summed E-state index contributed by atoms with van der Waals surface area (Å²) >= 11 is 0. The van der Waals surface area contributed by atoms with Crippen LogP contribution in [0.5, 0.6) is 0 Å². The van der Waals surface area contributed by atoms with Crippen molar-refractivity contribution in [2.45, 2.75) is 38.6 Å². The average Bonchev–Trinajstić information content (AvgIpc) is 2.65. The fourth-order valence-corrected chi connectivity index (χ4v) is 2.24. The number of rotatable bonds is 2. The molecule has 4 heteroatoms. The molecule has 0 bridgehead atoms. The Bertz CT molecular complexity index is 399. The van der Waals surface area contributed by atoms with Crippen LogP contribution in [0.4, 0.5) is 0 Å². The van der Waals surface area contributed by atoms with E-state index < -0.39 is 0 Å². The van der Waals surface area contributed by atoms with Gasteiger partial charge < -0.3 is 10.7 Å². The molecule has 0 aromatic carbocycles. The second-order valence-corrected chi connectivity index (χ2v) is 4.44. The quantitative estimate of drug-likeness (QED) is 0.763. The molecule has 82 valence electrons. The van der Waals surface area contributed by atoms with Gasteiger partial charge in [-0.25, -0.2) is 4.98 Å². The largest absolute Gasteiger partial charge is 0.326 e. The Hall–Kier alpha value is -1.16. The van der Waals surface area contributed by atoms with Crippen LogP contribution in [0.3, 0.4) is 0 Å². The van der Waals surface area contributed by atoms with Gasteiger partial charge in [0.2, 0.25) is 0 Å². The van der Waals surface area contributed by atoms with Gasteiger partial charge in [0, 0.05) is 24.2 Å². The topological polar surface area (TPSA) is 71.8 Å². The first kappa shape index (κ1) is 10.4. The van der Waals surface area contributed by atoms with E-state index in [1.807, 2.05) is 0 Å². The highest BCUT2D eigenvalue weighted by Crippen LogP contribution is 2.35. The van der Waals surface area contributed by atoms with Crippen LogP contribution in [-0.4, -0.2) is 9.97 Å². The molecule has 1 aromatic heterocycles. The van der Waals surface area contributed by atoms with Gasteiger partial charge in [0.1, 0.15) is 5.82 Å². The number of nitrogens with one attached hydrogen (secondary N) is 1. The maximum absolute atomic E-state index is 11.5. The van der Waals surface area contributed by atoms with Crippen LogP contribution in [0, 0.1) is 5.92 Å². The molecule has 1 fully saturated rings. The lowest BCUT2D eigenvalue weighted by molar-refractivity contribution is 0.583. The molecular formula is C11H17N3O. The predicted molar refractivity (Wildman–Crippen MR) is 58.5 cm³/mol. The van der Waals surface area contributed by atoms with Gasteiger partial charge in [-0.1, -0.05) is 6.92 Å². The van der Waals surface area contributed by atoms with Crippen LogP contribution in [0.1, 0.15) is 43.5 Å². The van der Waals surface area contributed by atoms with E-state index in [0.29, 0.717) is 11.5 Å². The first-order chi connectivity index (χ1) is 7.20. The molecular weight excluding hydrogens is 190 g/mol. The zero-order valence-electron chi connectivity index (χ0n) is 8.99. The summed E-state index contributed by atoms with van der Waals surface area (Å²) in [6.07, 6.45) is 5.10. The lowest BCUT2D eigenvalue weighted by Gasteiger charge is -2.08. The maximum atomic E-state index is 11.5. The second kappa shape index (κ2) is 4.14. The van der Waals surface area contributed by atoms with Gasteiger partial charge in [0.05, 0.1) is 0 Å². The molecule has 0 spiro atoms. The zero-order valence-corrected chi connectivity index (χ0v) is 8.99. The molecule has 0 saturated heterocycles. The Morgan fingerprint density at radius 2 is 2.40 bits per heavy atom. The minimum absolute atomic E-state index is 0.0814. The van der Waals surface area contributed by atoms with Crippen LogP contribution in [0.2, 0.25) is 0 Å². The lowest BCUT2D eigenvalue weighted by Crippen LogP contribution is -2.19. The summed E-state index contributed by atoms with van der Waals surface area (Å²) in [5.41, 5.74) is 5.89. The average molecular weight is 207 g/mol. The highest BCUT2D eigenvalue weighted by atomic mass is 16.1. The van der Waals surface area contributed by atoms with E-state index >= 15 is 0 Å². The number of H-pyrrole nitrogens is 1. The molecule has 4 nitrogen and oxygen atoms in total. The first-order valence-electron chi connectivity index (χ1n) is 5.49. The van der Waals surface area contributed by atoms with Crippen LogP contribution in [0.25, 0.3) is 0 Å². The van der Waals surface area contributed by atoms with Crippen LogP contribution in [-0.2, 0) is 6.54 Å². The van der Waals surface area contributed by atoms with Gasteiger partial charge in [0.15, 0.2) is 0 Å². The monoisotopic (exact) mass is 207 g/mol. The molecule has 15 heavy (non-hydrogen) atoms. The van der Waals surface area contributed by atoms with E-state index in [2.05, 4.69) is 16.9 Å². The molecule has 1 aliphatic carbocycles. The van der Waals surface area contributed by atoms with Crippen LogP contribution >= 0.6 is 0 Å². The van der Waals surface area contributed by atoms with Gasteiger partial charge >= 0.3 is 0 Å². The molecule has 2 atom stereocenters. The number of hydrogen-bond donors (Lipinski definition) is 2. The van der Waals surface area contributed by atoms with Crippen molar-refractivity contribution in [1.82, 2.24) is 9.97 Å². The maximum Gasteiger partial charge on any atom is 0.255 e. The van der Waals surface area contributed by atoms with Gasteiger partial charge in [-0.2, -0.15) is 0 Å². The molecule has 1 aromatic rings. The van der Waals surface area contributed by atoms with Gasteiger partial charge in [-0.05, 0) is 25.2 Å². The Balaban J connectivity index is 2.23.